The van der Waals surface area contributed by atoms with Gasteiger partial charge in [-0.15, -0.1) is 0 Å². The van der Waals surface area contributed by atoms with Crippen LogP contribution < -0.4 is 10.1 Å². The van der Waals surface area contributed by atoms with Crippen LogP contribution in [-0.2, 0) is 4.79 Å². The quantitative estimate of drug-likeness (QED) is 0.773. The molecule has 122 valence electrons. The van der Waals surface area contributed by atoms with E-state index >= 15 is 0 Å². The van der Waals surface area contributed by atoms with Crippen molar-refractivity contribution in [2.24, 2.45) is 4.99 Å². The van der Waals surface area contributed by atoms with Crippen molar-refractivity contribution in [3.8, 4) is 5.75 Å². The fraction of sp³-hybridized carbons (Fsp3) is 0.0588. The number of thioether (sulfide) groups is 1. The molecule has 1 fully saturated rings. The number of carbonyl (C=O) groups is 1. The van der Waals surface area contributed by atoms with Crippen LogP contribution in [0.2, 0.25) is 10.0 Å². The topological polar surface area (TPSA) is 50.7 Å². The number of hydrogen-bond acceptors (Lipinski definition) is 4. The maximum absolute atomic E-state index is 12.1. The normalized spacial score (nSPS) is 17.4. The molecule has 1 heterocycles. The van der Waals surface area contributed by atoms with Gasteiger partial charge in [-0.25, -0.2) is 4.99 Å². The van der Waals surface area contributed by atoms with E-state index in [2.05, 4.69) is 10.3 Å². The molecule has 1 N–H and O–H groups in total. The van der Waals surface area contributed by atoms with Gasteiger partial charge in [-0.05, 0) is 42.1 Å². The molecule has 1 saturated heterocycles. The largest absolute Gasteiger partial charge is 0.496 e. The van der Waals surface area contributed by atoms with Gasteiger partial charge in [0.15, 0.2) is 5.17 Å². The van der Waals surface area contributed by atoms with E-state index in [-0.39, 0.29) is 5.91 Å². The third-order valence-electron chi connectivity index (χ3n) is 3.15. The lowest BCUT2D eigenvalue weighted by atomic mass is 10.2. The van der Waals surface area contributed by atoms with Gasteiger partial charge in [-0.3, -0.25) is 4.79 Å². The number of amides is 1. The molecule has 2 aromatic carbocycles. The highest BCUT2D eigenvalue weighted by molar-refractivity contribution is 8.18. The number of para-hydroxylation sites is 1. The van der Waals surface area contributed by atoms with Gasteiger partial charge in [-0.1, -0.05) is 41.4 Å². The summed E-state index contributed by atoms with van der Waals surface area (Å²) in [5, 5.41) is 4.17. The number of hydrogen-bond donors (Lipinski definition) is 1. The van der Waals surface area contributed by atoms with Crippen LogP contribution in [0.3, 0.4) is 0 Å². The molecule has 3 rings (SSSR count). The summed E-state index contributed by atoms with van der Waals surface area (Å²) in [7, 11) is 1.59. The summed E-state index contributed by atoms with van der Waals surface area (Å²) >= 11 is 13.2. The van der Waals surface area contributed by atoms with Crippen molar-refractivity contribution >= 4 is 57.8 Å². The number of aliphatic imine (C=N–C) groups is 1. The first kappa shape index (κ1) is 16.9. The Bertz CT molecular complexity index is 845. The van der Waals surface area contributed by atoms with Crippen LogP contribution in [0.1, 0.15) is 5.56 Å². The molecule has 0 aliphatic carbocycles. The predicted octanol–water partition coefficient (Wildman–Crippen LogP) is 4.89. The van der Waals surface area contributed by atoms with Crippen LogP contribution in [0.5, 0.6) is 5.75 Å². The fourth-order valence-electron chi connectivity index (χ4n) is 2.13. The zero-order chi connectivity index (χ0) is 17.1. The Balaban J connectivity index is 1.88. The van der Waals surface area contributed by atoms with E-state index in [1.165, 1.54) is 11.8 Å². The summed E-state index contributed by atoms with van der Waals surface area (Å²) in [6.07, 6.45) is 1.77. The molecule has 24 heavy (non-hydrogen) atoms. The summed E-state index contributed by atoms with van der Waals surface area (Å²) < 4.78 is 5.29. The third-order valence-corrected chi connectivity index (χ3v) is 4.50. The Kier molecular flexibility index (Phi) is 5.14. The standard InChI is InChI=1S/C17H12Cl2N2O2S/c1-23-14-5-3-2-4-10(14)6-15-16(22)21-17(24-15)20-13-8-11(18)7-12(19)9-13/h2-9H,1H3,(H,20,21,22)/b15-6-. The molecule has 0 bridgehead atoms. The van der Waals surface area contributed by atoms with Gasteiger partial charge in [-0.2, -0.15) is 0 Å². The maximum Gasteiger partial charge on any atom is 0.264 e. The second-order valence-corrected chi connectivity index (χ2v) is 6.75. The second-order valence-electron chi connectivity index (χ2n) is 4.85. The average molecular weight is 379 g/mol. The molecule has 0 saturated carbocycles. The molecule has 1 aliphatic rings. The van der Waals surface area contributed by atoms with E-state index in [4.69, 9.17) is 27.9 Å². The Morgan fingerprint density at radius 3 is 2.58 bits per heavy atom. The Morgan fingerprint density at radius 1 is 1.17 bits per heavy atom. The van der Waals surface area contributed by atoms with Crippen LogP contribution in [0, 0.1) is 0 Å². The lowest BCUT2D eigenvalue weighted by Crippen LogP contribution is -2.19. The van der Waals surface area contributed by atoms with Crippen LogP contribution in [0.15, 0.2) is 52.4 Å². The first-order valence-corrected chi connectivity index (χ1v) is 8.51. The minimum Gasteiger partial charge on any atom is -0.496 e. The van der Waals surface area contributed by atoms with Crippen LogP contribution in [-0.4, -0.2) is 18.2 Å². The summed E-state index contributed by atoms with van der Waals surface area (Å²) in [6.45, 7) is 0. The molecule has 4 nitrogen and oxygen atoms in total. The second kappa shape index (κ2) is 7.30. The van der Waals surface area contributed by atoms with E-state index in [0.29, 0.717) is 31.6 Å². The highest BCUT2D eigenvalue weighted by Gasteiger charge is 2.24. The number of benzene rings is 2. The van der Waals surface area contributed by atoms with Gasteiger partial charge in [0.25, 0.3) is 5.91 Å². The molecule has 1 aliphatic heterocycles. The highest BCUT2D eigenvalue weighted by Crippen LogP contribution is 2.31. The van der Waals surface area contributed by atoms with Crippen LogP contribution >= 0.6 is 35.0 Å². The van der Waals surface area contributed by atoms with E-state index < -0.39 is 0 Å². The molecular formula is C17H12Cl2N2O2S. The molecule has 0 unspecified atom stereocenters. The van der Waals surface area contributed by atoms with Gasteiger partial charge in [0, 0.05) is 15.6 Å². The first-order chi connectivity index (χ1) is 11.5. The van der Waals surface area contributed by atoms with Crippen molar-refractivity contribution in [1.29, 1.82) is 0 Å². The Labute approximate surface area is 153 Å². The van der Waals surface area contributed by atoms with Crippen molar-refractivity contribution in [1.82, 2.24) is 5.32 Å². The molecule has 0 radical (unpaired) electrons. The van der Waals surface area contributed by atoms with Gasteiger partial charge in [0.1, 0.15) is 5.75 Å². The lowest BCUT2D eigenvalue weighted by molar-refractivity contribution is -0.115. The minimum absolute atomic E-state index is 0.210. The van der Waals surface area contributed by atoms with Gasteiger partial charge in [0.05, 0.1) is 17.7 Å². The summed E-state index contributed by atoms with van der Waals surface area (Å²) in [4.78, 5) is 17.0. The van der Waals surface area contributed by atoms with Crippen molar-refractivity contribution < 1.29 is 9.53 Å². The Hall–Kier alpha value is -1.95. The number of nitrogens with one attached hydrogen (secondary N) is 1. The highest BCUT2D eigenvalue weighted by atomic mass is 35.5. The molecule has 7 heteroatoms. The monoisotopic (exact) mass is 378 g/mol. The number of rotatable bonds is 3. The van der Waals surface area contributed by atoms with Crippen molar-refractivity contribution in [3.05, 3.63) is 63.0 Å². The molecule has 0 atom stereocenters. The lowest BCUT2D eigenvalue weighted by Gasteiger charge is -2.03. The molecule has 0 spiro atoms. The number of halogens is 2. The van der Waals surface area contributed by atoms with Crippen LogP contribution in [0.25, 0.3) is 6.08 Å². The molecule has 0 aromatic heterocycles. The number of carbonyl (C=O) groups excluding carboxylic acids is 1. The molecule has 2 aromatic rings. The first-order valence-electron chi connectivity index (χ1n) is 6.94. The number of amidine groups is 1. The fourth-order valence-corrected chi connectivity index (χ4v) is 3.48. The summed E-state index contributed by atoms with van der Waals surface area (Å²) in [5.41, 5.74) is 1.40. The van der Waals surface area contributed by atoms with E-state index in [9.17, 15) is 4.79 Å². The predicted molar refractivity (Wildman–Crippen MR) is 100 cm³/mol. The summed E-state index contributed by atoms with van der Waals surface area (Å²) in [5.74, 6) is 0.489. The Morgan fingerprint density at radius 2 is 1.88 bits per heavy atom. The van der Waals surface area contributed by atoms with Crippen molar-refractivity contribution in [3.63, 3.8) is 0 Å². The SMILES string of the molecule is COc1ccccc1/C=C1\SC(=Nc2cc(Cl)cc(Cl)c2)NC1=O. The van der Waals surface area contributed by atoms with Crippen molar-refractivity contribution in [2.75, 3.05) is 7.11 Å². The van der Waals surface area contributed by atoms with E-state index in [0.717, 1.165) is 5.56 Å². The number of ether oxygens (including phenoxy) is 1. The smallest absolute Gasteiger partial charge is 0.264 e. The van der Waals surface area contributed by atoms with Crippen molar-refractivity contribution in [2.45, 2.75) is 0 Å². The van der Waals surface area contributed by atoms with Gasteiger partial charge in [0.2, 0.25) is 0 Å². The maximum atomic E-state index is 12.1. The van der Waals surface area contributed by atoms with Gasteiger partial charge < -0.3 is 10.1 Å². The number of methoxy groups -OCH3 is 1. The van der Waals surface area contributed by atoms with E-state index in [1.54, 1.807) is 31.4 Å². The molecule has 1 amide bonds. The summed E-state index contributed by atoms with van der Waals surface area (Å²) in [6, 6.07) is 12.5. The average Bonchev–Trinajstić information content (AvgIpc) is 2.86. The van der Waals surface area contributed by atoms with E-state index in [1.807, 2.05) is 24.3 Å². The zero-order valence-electron chi connectivity index (χ0n) is 12.5. The van der Waals surface area contributed by atoms with Crippen LogP contribution in [0.4, 0.5) is 5.69 Å². The zero-order valence-corrected chi connectivity index (χ0v) is 14.9. The third kappa shape index (κ3) is 3.93. The van der Waals surface area contributed by atoms with Gasteiger partial charge >= 0.3 is 0 Å². The molecular weight excluding hydrogens is 367 g/mol. The number of nitrogens with zero attached hydrogens (tertiary/aromatic N) is 1. The minimum atomic E-state index is -0.210.